The van der Waals surface area contributed by atoms with Crippen LogP contribution in [0.3, 0.4) is 0 Å². The van der Waals surface area contributed by atoms with Crippen LogP contribution in [0, 0.1) is 30.6 Å². The maximum Gasteiger partial charge on any atom is 0.234 e. The second-order valence-corrected chi connectivity index (χ2v) is 8.54. The molecule has 5 rings (SSSR count). The van der Waals surface area contributed by atoms with Crippen LogP contribution in [0.2, 0.25) is 0 Å². The summed E-state index contributed by atoms with van der Waals surface area (Å²) >= 11 is 0. The van der Waals surface area contributed by atoms with Gasteiger partial charge in [-0.25, -0.2) is 0 Å². The van der Waals surface area contributed by atoms with Gasteiger partial charge in [0.05, 0.1) is 24.3 Å². The predicted octanol–water partition coefficient (Wildman–Crippen LogP) is 3.87. The fourth-order valence-corrected chi connectivity index (χ4v) is 5.36. The third-order valence-corrected chi connectivity index (χ3v) is 6.80. The molecule has 1 heterocycles. The standard InChI is InChI=1S/C25H24N2O3/c1-15-7-5-6-10-19(15)26-21(28)14-20(16-8-3-2-4-9-16)27-24(29)22-17-11-12-18(13-17)23(22)25(27)30/h2-12,17-18,20,22-23H,13-14H2,1H3,(H,26,28). The Morgan fingerprint density at radius 2 is 1.57 bits per heavy atom. The summed E-state index contributed by atoms with van der Waals surface area (Å²) in [5, 5.41) is 2.94. The summed E-state index contributed by atoms with van der Waals surface area (Å²) in [6.07, 6.45) is 5.11. The quantitative estimate of drug-likeness (QED) is 0.612. The maximum absolute atomic E-state index is 13.3. The van der Waals surface area contributed by atoms with E-state index < -0.39 is 6.04 Å². The van der Waals surface area contributed by atoms with E-state index in [1.165, 1.54) is 4.90 Å². The first kappa shape index (κ1) is 18.8. The van der Waals surface area contributed by atoms with Crippen molar-refractivity contribution in [3.05, 3.63) is 77.9 Å². The Bertz CT molecular complexity index is 1020. The lowest BCUT2D eigenvalue weighted by Gasteiger charge is -2.28. The minimum absolute atomic E-state index is 0.0397. The number of carbonyl (C=O) groups excluding carboxylic acids is 3. The summed E-state index contributed by atoms with van der Waals surface area (Å²) in [5.74, 6) is -0.690. The lowest BCUT2D eigenvalue weighted by molar-refractivity contribution is -0.144. The van der Waals surface area contributed by atoms with Gasteiger partial charge in [0, 0.05) is 5.69 Å². The highest BCUT2D eigenvalue weighted by Gasteiger charge is 2.60. The van der Waals surface area contributed by atoms with E-state index in [4.69, 9.17) is 0 Å². The molecule has 5 nitrogen and oxygen atoms in total. The summed E-state index contributed by atoms with van der Waals surface area (Å²) in [6, 6.07) is 16.4. The van der Waals surface area contributed by atoms with Gasteiger partial charge in [-0.05, 0) is 42.4 Å². The lowest BCUT2D eigenvalue weighted by Crippen LogP contribution is -2.38. The molecule has 3 aliphatic rings. The van der Waals surface area contributed by atoms with Crippen LogP contribution in [0.5, 0.6) is 0 Å². The first-order valence-electron chi connectivity index (χ1n) is 10.5. The minimum atomic E-state index is -0.597. The molecule has 0 radical (unpaired) electrons. The molecule has 0 spiro atoms. The van der Waals surface area contributed by atoms with Crippen LogP contribution in [0.15, 0.2) is 66.7 Å². The van der Waals surface area contributed by atoms with Crippen LogP contribution in [-0.4, -0.2) is 22.6 Å². The van der Waals surface area contributed by atoms with Gasteiger partial charge in [-0.15, -0.1) is 0 Å². The Kier molecular flexibility index (Phi) is 4.54. The number of rotatable bonds is 5. The second-order valence-electron chi connectivity index (χ2n) is 8.54. The van der Waals surface area contributed by atoms with Crippen LogP contribution < -0.4 is 5.32 Å². The number of anilines is 1. The molecule has 1 N–H and O–H groups in total. The average Bonchev–Trinajstić information content (AvgIpc) is 3.43. The molecule has 2 fully saturated rings. The van der Waals surface area contributed by atoms with E-state index >= 15 is 0 Å². The van der Waals surface area contributed by atoms with Crippen molar-refractivity contribution in [2.24, 2.45) is 23.7 Å². The zero-order chi connectivity index (χ0) is 20.8. The summed E-state index contributed by atoms with van der Waals surface area (Å²) in [5.41, 5.74) is 2.51. The molecular weight excluding hydrogens is 376 g/mol. The number of nitrogens with one attached hydrogen (secondary N) is 1. The normalized spacial score (nSPS) is 27.4. The molecule has 1 saturated carbocycles. The monoisotopic (exact) mass is 400 g/mol. The Hall–Kier alpha value is -3.21. The topological polar surface area (TPSA) is 66.5 Å². The number of imide groups is 1. The van der Waals surface area contributed by atoms with Crippen molar-refractivity contribution in [2.75, 3.05) is 5.32 Å². The number of para-hydroxylation sites is 1. The van der Waals surface area contributed by atoms with E-state index in [2.05, 4.69) is 17.5 Å². The van der Waals surface area contributed by atoms with E-state index in [0.717, 1.165) is 23.2 Å². The second kappa shape index (κ2) is 7.24. The molecular formula is C25H24N2O3. The number of amides is 3. The summed E-state index contributed by atoms with van der Waals surface area (Å²) in [7, 11) is 0. The highest BCUT2D eigenvalue weighted by atomic mass is 16.2. The molecule has 5 heteroatoms. The molecule has 1 saturated heterocycles. The molecule has 30 heavy (non-hydrogen) atoms. The van der Waals surface area contributed by atoms with Crippen molar-refractivity contribution in [1.82, 2.24) is 4.90 Å². The highest BCUT2D eigenvalue weighted by molar-refractivity contribution is 6.07. The van der Waals surface area contributed by atoms with Gasteiger partial charge in [0.2, 0.25) is 17.7 Å². The number of hydrogen-bond donors (Lipinski definition) is 1. The fourth-order valence-electron chi connectivity index (χ4n) is 5.36. The third-order valence-electron chi connectivity index (χ3n) is 6.80. The summed E-state index contributed by atoms with van der Waals surface area (Å²) < 4.78 is 0. The van der Waals surface area contributed by atoms with Crippen LogP contribution in [0.25, 0.3) is 0 Å². The van der Waals surface area contributed by atoms with Crippen LogP contribution in [-0.2, 0) is 14.4 Å². The number of carbonyl (C=O) groups is 3. The smallest absolute Gasteiger partial charge is 0.234 e. The molecule has 2 aliphatic carbocycles. The highest BCUT2D eigenvalue weighted by Crippen LogP contribution is 2.54. The Balaban J connectivity index is 1.44. The molecule has 5 unspecified atom stereocenters. The van der Waals surface area contributed by atoms with Crippen LogP contribution in [0.4, 0.5) is 5.69 Å². The van der Waals surface area contributed by atoms with Crippen molar-refractivity contribution in [2.45, 2.75) is 25.8 Å². The molecule has 2 aromatic carbocycles. The van der Waals surface area contributed by atoms with E-state index in [0.29, 0.717) is 0 Å². The average molecular weight is 400 g/mol. The number of allylic oxidation sites excluding steroid dienone is 2. The number of aryl methyl sites for hydroxylation is 1. The van der Waals surface area contributed by atoms with Crippen molar-refractivity contribution in [3.63, 3.8) is 0 Å². The molecule has 1 aliphatic heterocycles. The number of hydrogen-bond acceptors (Lipinski definition) is 3. The van der Waals surface area contributed by atoms with Crippen molar-refractivity contribution >= 4 is 23.4 Å². The Morgan fingerprint density at radius 3 is 2.20 bits per heavy atom. The number of fused-ring (bicyclic) bond motifs is 5. The largest absolute Gasteiger partial charge is 0.326 e. The van der Waals surface area contributed by atoms with Gasteiger partial charge in [-0.3, -0.25) is 19.3 Å². The lowest BCUT2D eigenvalue weighted by atomic mass is 9.85. The molecule has 0 aromatic heterocycles. The Labute approximate surface area is 175 Å². The van der Waals surface area contributed by atoms with Gasteiger partial charge in [0.1, 0.15) is 0 Å². The SMILES string of the molecule is Cc1ccccc1NC(=O)CC(c1ccccc1)N1C(=O)C2C3C=CC(C3)C2C1=O. The van der Waals surface area contributed by atoms with Crippen molar-refractivity contribution in [3.8, 4) is 0 Å². The molecule has 2 bridgehead atoms. The molecule has 3 amide bonds. The maximum atomic E-state index is 13.3. The van der Waals surface area contributed by atoms with E-state index in [1.54, 1.807) is 0 Å². The van der Waals surface area contributed by atoms with E-state index in [9.17, 15) is 14.4 Å². The van der Waals surface area contributed by atoms with E-state index in [1.807, 2.05) is 61.5 Å². The van der Waals surface area contributed by atoms with Crippen LogP contribution in [0.1, 0.15) is 30.0 Å². The first-order chi connectivity index (χ1) is 14.5. The van der Waals surface area contributed by atoms with Gasteiger partial charge in [0.15, 0.2) is 0 Å². The molecule has 5 atom stereocenters. The number of nitrogens with zero attached hydrogens (tertiary/aromatic N) is 1. The van der Waals surface area contributed by atoms with Crippen LogP contribution >= 0.6 is 0 Å². The van der Waals surface area contributed by atoms with Gasteiger partial charge >= 0.3 is 0 Å². The summed E-state index contributed by atoms with van der Waals surface area (Å²) in [6.45, 7) is 1.93. The van der Waals surface area contributed by atoms with Crippen molar-refractivity contribution in [1.29, 1.82) is 0 Å². The van der Waals surface area contributed by atoms with Gasteiger partial charge in [-0.1, -0.05) is 60.7 Å². The summed E-state index contributed by atoms with van der Waals surface area (Å²) in [4.78, 5) is 41.0. The first-order valence-corrected chi connectivity index (χ1v) is 10.5. The van der Waals surface area contributed by atoms with Gasteiger partial charge in [0.25, 0.3) is 0 Å². The molecule has 152 valence electrons. The zero-order valence-electron chi connectivity index (χ0n) is 16.8. The Morgan fingerprint density at radius 1 is 0.967 bits per heavy atom. The van der Waals surface area contributed by atoms with Crippen molar-refractivity contribution < 1.29 is 14.4 Å². The fraction of sp³-hybridized carbons (Fsp3) is 0.320. The number of likely N-dealkylation sites (tertiary alicyclic amines) is 1. The molecule has 2 aromatic rings. The zero-order valence-corrected chi connectivity index (χ0v) is 16.8. The predicted molar refractivity (Wildman–Crippen MR) is 113 cm³/mol. The van der Waals surface area contributed by atoms with E-state index in [-0.39, 0.29) is 47.8 Å². The van der Waals surface area contributed by atoms with Gasteiger partial charge in [-0.2, -0.15) is 0 Å². The minimum Gasteiger partial charge on any atom is -0.326 e. The third kappa shape index (κ3) is 2.96. The van der Waals surface area contributed by atoms with Gasteiger partial charge < -0.3 is 5.32 Å². The number of benzene rings is 2.